The van der Waals surface area contributed by atoms with Crippen molar-refractivity contribution in [3.8, 4) is 0 Å². The number of hydrogen-bond donors (Lipinski definition) is 0. The highest BCUT2D eigenvalue weighted by Gasteiger charge is 2.25. The summed E-state index contributed by atoms with van der Waals surface area (Å²) in [5.41, 5.74) is 2.42. The number of carbonyl (C=O) groups is 1. The summed E-state index contributed by atoms with van der Waals surface area (Å²) in [5, 5.41) is 0. The van der Waals surface area contributed by atoms with Crippen molar-refractivity contribution in [1.82, 2.24) is 24.1 Å². The molecule has 2 aromatic heterocycles. The Morgan fingerprint density at radius 3 is 2.86 bits per heavy atom. The summed E-state index contributed by atoms with van der Waals surface area (Å²) < 4.78 is 2.07. The third-order valence-corrected chi connectivity index (χ3v) is 5.89. The van der Waals surface area contributed by atoms with Crippen molar-refractivity contribution in [2.75, 3.05) is 40.8 Å². The summed E-state index contributed by atoms with van der Waals surface area (Å²) in [7, 11) is 6.26. The van der Waals surface area contributed by atoms with Gasteiger partial charge in [-0.1, -0.05) is 25.8 Å². The first-order valence-electron chi connectivity index (χ1n) is 10.6. The molecule has 1 atom stereocenters. The molecule has 0 radical (unpaired) electrons. The van der Waals surface area contributed by atoms with E-state index in [1.54, 1.807) is 0 Å². The van der Waals surface area contributed by atoms with E-state index in [0.29, 0.717) is 11.7 Å². The van der Waals surface area contributed by atoms with Crippen LogP contribution in [0, 0.1) is 0 Å². The largest absolute Gasteiger partial charge is 0.340 e. The second kappa shape index (κ2) is 9.52. The highest BCUT2D eigenvalue weighted by atomic mass is 16.2. The van der Waals surface area contributed by atoms with Crippen LogP contribution in [0.3, 0.4) is 0 Å². The van der Waals surface area contributed by atoms with Gasteiger partial charge in [0.2, 0.25) is 0 Å². The van der Waals surface area contributed by atoms with Crippen molar-refractivity contribution in [2.24, 2.45) is 0 Å². The molecule has 0 aromatic carbocycles. The third kappa shape index (κ3) is 4.73. The van der Waals surface area contributed by atoms with Crippen LogP contribution in [-0.4, -0.2) is 76.8 Å². The molecule has 1 amide bonds. The standard InChI is InChI=1S/C22H35N5O/c1-5-6-13-26(4)22(28)21-19(27-15-10-8-12-20(27)23-21)17-24(2)16-18-11-7-9-14-25(18)3/h8,10,12,15,18H,5-7,9,11,13-14,16-17H2,1-4H3/t18-/m0/s1. The Balaban J connectivity index is 1.81. The summed E-state index contributed by atoms with van der Waals surface area (Å²) >= 11 is 0. The maximum atomic E-state index is 13.1. The summed E-state index contributed by atoms with van der Waals surface area (Å²) in [6, 6.07) is 6.54. The van der Waals surface area contributed by atoms with Crippen molar-refractivity contribution in [2.45, 2.75) is 51.6 Å². The highest BCUT2D eigenvalue weighted by Crippen LogP contribution is 2.19. The van der Waals surface area contributed by atoms with Gasteiger partial charge in [-0.2, -0.15) is 0 Å². The fourth-order valence-electron chi connectivity index (χ4n) is 4.10. The number of likely N-dealkylation sites (N-methyl/N-ethyl adjacent to an activating group) is 2. The van der Waals surface area contributed by atoms with E-state index in [2.05, 4.69) is 35.2 Å². The van der Waals surface area contributed by atoms with Crippen molar-refractivity contribution < 1.29 is 4.79 Å². The predicted octanol–water partition coefficient (Wildman–Crippen LogP) is 3.12. The average molecular weight is 386 g/mol. The summed E-state index contributed by atoms with van der Waals surface area (Å²) in [6.45, 7) is 5.82. The molecular formula is C22H35N5O. The number of fused-ring (bicyclic) bond motifs is 1. The normalized spacial score (nSPS) is 18.1. The molecule has 0 unspecified atom stereocenters. The van der Waals surface area contributed by atoms with Gasteiger partial charge in [-0.25, -0.2) is 4.98 Å². The van der Waals surface area contributed by atoms with Gasteiger partial charge in [0.05, 0.1) is 5.69 Å². The van der Waals surface area contributed by atoms with Gasteiger partial charge in [0, 0.05) is 38.9 Å². The summed E-state index contributed by atoms with van der Waals surface area (Å²) in [6.07, 6.45) is 7.96. The number of pyridine rings is 1. The molecule has 0 N–H and O–H groups in total. The number of rotatable bonds is 8. The van der Waals surface area contributed by atoms with E-state index in [4.69, 9.17) is 4.98 Å². The van der Waals surface area contributed by atoms with Gasteiger partial charge >= 0.3 is 0 Å². The van der Waals surface area contributed by atoms with Gasteiger partial charge in [0.25, 0.3) is 5.91 Å². The SMILES string of the molecule is CCCCN(C)C(=O)c1nc2ccccn2c1CN(C)C[C@@H]1CCCCN1C. The maximum absolute atomic E-state index is 13.1. The van der Waals surface area contributed by atoms with E-state index in [9.17, 15) is 4.79 Å². The molecular weight excluding hydrogens is 350 g/mol. The predicted molar refractivity (Wildman–Crippen MR) is 114 cm³/mol. The molecule has 2 aromatic rings. The smallest absolute Gasteiger partial charge is 0.274 e. The fourth-order valence-corrected chi connectivity index (χ4v) is 4.10. The molecule has 6 heteroatoms. The Morgan fingerprint density at radius 1 is 1.29 bits per heavy atom. The molecule has 3 heterocycles. The summed E-state index contributed by atoms with van der Waals surface area (Å²) in [5.74, 6) is 0.0235. The molecule has 0 aliphatic carbocycles. The first-order valence-corrected chi connectivity index (χ1v) is 10.6. The minimum atomic E-state index is 0.0235. The van der Waals surface area contributed by atoms with E-state index in [1.165, 1.54) is 25.8 Å². The molecule has 154 valence electrons. The van der Waals surface area contributed by atoms with Gasteiger partial charge in [0.1, 0.15) is 5.65 Å². The number of piperidine rings is 1. The van der Waals surface area contributed by atoms with Crippen molar-refractivity contribution in [3.63, 3.8) is 0 Å². The monoisotopic (exact) mass is 385 g/mol. The lowest BCUT2D eigenvalue weighted by atomic mass is 10.0. The number of amides is 1. The average Bonchev–Trinajstić information content (AvgIpc) is 3.05. The Kier molecular flexibility index (Phi) is 7.08. The second-order valence-corrected chi connectivity index (χ2v) is 8.24. The lowest BCUT2D eigenvalue weighted by molar-refractivity contribution is 0.0785. The van der Waals surface area contributed by atoms with Crippen molar-refractivity contribution >= 4 is 11.6 Å². The number of nitrogens with zero attached hydrogens (tertiary/aromatic N) is 5. The highest BCUT2D eigenvalue weighted by molar-refractivity contribution is 5.94. The molecule has 1 saturated heterocycles. The molecule has 1 aliphatic rings. The lowest BCUT2D eigenvalue weighted by Gasteiger charge is -2.35. The Morgan fingerprint density at radius 2 is 2.11 bits per heavy atom. The molecule has 0 spiro atoms. The first kappa shape index (κ1) is 20.8. The van der Waals surface area contributed by atoms with E-state index in [1.807, 2.05) is 36.3 Å². The zero-order valence-electron chi connectivity index (χ0n) is 17.9. The molecule has 0 bridgehead atoms. The molecule has 1 aliphatic heterocycles. The van der Waals surface area contributed by atoms with Crippen LogP contribution < -0.4 is 0 Å². The molecule has 3 rings (SSSR count). The van der Waals surface area contributed by atoms with Gasteiger partial charge in [0.15, 0.2) is 5.69 Å². The van der Waals surface area contributed by atoms with Gasteiger partial charge in [-0.3, -0.25) is 9.69 Å². The molecule has 28 heavy (non-hydrogen) atoms. The number of likely N-dealkylation sites (tertiary alicyclic amines) is 1. The van der Waals surface area contributed by atoms with Crippen LogP contribution in [0.4, 0.5) is 0 Å². The van der Waals surface area contributed by atoms with E-state index in [0.717, 1.165) is 43.8 Å². The number of unbranched alkanes of at least 4 members (excludes halogenated alkanes) is 1. The zero-order valence-corrected chi connectivity index (χ0v) is 17.9. The number of hydrogen-bond acceptors (Lipinski definition) is 4. The van der Waals surface area contributed by atoms with Gasteiger partial charge in [-0.05, 0) is 52.0 Å². The van der Waals surface area contributed by atoms with Gasteiger partial charge < -0.3 is 14.2 Å². The van der Waals surface area contributed by atoms with E-state index in [-0.39, 0.29) is 5.91 Å². The number of aromatic nitrogens is 2. The van der Waals surface area contributed by atoms with Crippen LogP contribution in [-0.2, 0) is 6.54 Å². The Hall–Kier alpha value is -1.92. The van der Waals surface area contributed by atoms with Crippen LogP contribution in [0.15, 0.2) is 24.4 Å². The number of imidazole rings is 1. The minimum absolute atomic E-state index is 0.0235. The molecule has 6 nitrogen and oxygen atoms in total. The summed E-state index contributed by atoms with van der Waals surface area (Å²) in [4.78, 5) is 24.4. The van der Waals surface area contributed by atoms with Crippen molar-refractivity contribution in [1.29, 1.82) is 0 Å². The van der Waals surface area contributed by atoms with Crippen LogP contribution in [0.2, 0.25) is 0 Å². The van der Waals surface area contributed by atoms with Crippen LogP contribution in [0.25, 0.3) is 5.65 Å². The third-order valence-electron chi connectivity index (χ3n) is 5.89. The van der Waals surface area contributed by atoms with Crippen LogP contribution >= 0.6 is 0 Å². The Bertz CT molecular complexity index is 786. The van der Waals surface area contributed by atoms with Crippen LogP contribution in [0.5, 0.6) is 0 Å². The second-order valence-electron chi connectivity index (χ2n) is 8.24. The first-order chi connectivity index (χ1) is 13.5. The van der Waals surface area contributed by atoms with Crippen molar-refractivity contribution in [3.05, 3.63) is 35.8 Å². The fraction of sp³-hybridized carbons (Fsp3) is 0.636. The lowest BCUT2D eigenvalue weighted by Crippen LogP contribution is -2.43. The van der Waals surface area contributed by atoms with Gasteiger partial charge in [-0.15, -0.1) is 0 Å². The number of carbonyl (C=O) groups excluding carboxylic acids is 1. The molecule has 0 saturated carbocycles. The topological polar surface area (TPSA) is 44.1 Å². The maximum Gasteiger partial charge on any atom is 0.274 e. The minimum Gasteiger partial charge on any atom is -0.340 e. The molecule has 1 fully saturated rings. The van der Waals surface area contributed by atoms with E-state index >= 15 is 0 Å². The quantitative estimate of drug-likeness (QED) is 0.700. The zero-order chi connectivity index (χ0) is 20.1. The van der Waals surface area contributed by atoms with E-state index < -0.39 is 0 Å². The van der Waals surface area contributed by atoms with Crippen LogP contribution in [0.1, 0.15) is 55.2 Å². The Labute approximate surface area is 169 Å².